The fourth-order valence-electron chi connectivity index (χ4n) is 3.67. The van der Waals surface area contributed by atoms with E-state index in [1.807, 2.05) is 60.7 Å². The molecule has 0 spiro atoms. The van der Waals surface area contributed by atoms with Gasteiger partial charge in [0.2, 0.25) is 0 Å². The molecular weight excluding hydrogens is 440 g/mol. The molecule has 1 fully saturated rings. The molecule has 2 heterocycles. The van der Waals surface area contributed by atoms with Gasteiger partial charge in [0.25, 0.3) is 5.17 Å². The van der Waals surface area contributed by atoms with Gasteiger partial charge >= 0.3 is 0 Å². The lowest BCUT2D eigenvalue weighted by Gasteiger charge is -2.24. The van der Waals surface area contributed by atoms with Crippen LogP contribution in [0.25, 0.3) is 0 Å². The molecule has 0 amide bonds. The highest BCUT2D eigenvalue weighted by Gasteiger charge is 2.42. The van der Waals surface area contributed by atoms with Crippen LogP contribution < -0.4 is 0 Å². The summed E-state index contributed by atoms with van der Waals surface area (Å²) in [6.45, 7) is 1.33. The van der Waals surface area contributed by atoms with Crippen LogP contribution in [-0.2, 0) is 36.9 Å². The topological polar surface area (TPSA) is 64.0 Å². The maximum Gasteiger partial charge on any atom is 0.269 e. The third-order valence-corrected chi connectivity index (χ3v) is 5.70. The molecule has 1 saturated heterocycles. The molecule has 174 valence electrons. The fraction of sp³-hybridized carbons (Fsp3) is 0.360. The minimum Gasteiger partial charge on any atom is -0.462 e. The highest BCUT2D eigenvalue weighted by atomic mass is 32.1. The Balaban J connectivity index is 1.39. The number of rotatable bonds is 10. The van der Waals surface area contributed by atoms with Crippen molar-refractivity contribution in [2.45, 2.75) is 44.2 Å². The number of nitrogens with zero attached hydrogens (tertiary/aromatic N) is 2. The highest BCUT2D eigenvalue weighted by Crippen LogP contribution is 2.28. The monoisotopic (exact) mass is 468 g/mol. The molecule has 0 aliphatic carbocycles. The molecule has 8 heteroatoms. The summed E-state index contributed by atoms with van der Waals surface area (Å²) in [4.78, 5) is 4.01. The molecule has 4 atom stereocenters. The second-order valence-corrected chi connectivity index (χ2v) is 8.09. The van der Waals surface area contributed by atoms with E-state index in [9.17, 15) is 0 Å². The van der Waals surface area contributed by atoms with Gasteiger partial charge in [-0.1, -0.05) is 60.7 Å². The van der Waals surface area contributed by atoms with Crippen molar-refractivity contribution in [3.63, 3.8) is 0 Å². The molecule has 0 N–H and O–H groups in total. The van der Waals surface area contributed by atoms with Crippen LogP contribution in [0.4, 0.5) is 0 Å². The average molecular weight is 469 g/mol. The molecule has 1 aliphatic rings. The van der Waals surface area contributed by atoms with E-state index in [4.69, 9.17) is 35.9 Å². The zero-order valence-corrected chi connectivity index (χ0v) is 19.3. The Morgan fingerprint density at radius 3 is 2.42 bits per heavy atom. The molecule has 3 aromatic rings. The van der Waals surface area contributed by atoms with Gasteiger partial charge in [0.1, 0.15) is 12.4 Å². The normalized spacial score (nSPS) is 21.1. The van der Waals surface area contributed by atoms with Crippen molar-refractivity contribution >= 4 is 17.4 Å². The number of hydrogen-bond donors (Lipinski definition) is 0. The standard InChI is InChI=1S/C25H28N2O5S/c1-28-24-22(32-25(33)27-13-12-26-18-27)14-21(31-24)23(30-16-20-10-6-3-7-11-20)17-29-15-19-8-4-2-5-9-19/h2-13,18,21-24H,14-17H2,1H3/t21-,22+,23+,24-/m0/s1. The molecular formula is C25H28N2O5S. The van der Waals surface area contributed by atoms with Crippen LogP contribution >= 0.6 is 12.2 Å². The summed E-state index contributed by atoms with van der Waals surface area (Å²) >= 11 is 5.39. The SMILES string of the molecule is CO[C@H]1O[C@H]([C@@H](COCc2ccccc2)OCc2ccccc2)C[C@H]1OC(=S)n1ccnc1. The van der Waals surface area contributed by atoms with Crippen molar-refractivity contribution in [1.82, 2.24) is 9.55 Å². The predicted molar refractivity (Wildman–Crippen MR) is 127 cm³/mol. The van der Waals surface area contributed by atoms with E-state index in [0.717, 1.165) is 11.1 Å². The smallest absolute Gasteiger partial charge is 0.269 e. The number of aromatic nitrogens is 2. The lowest BCUT2D eigenvalue weighted by Crippen LogP contribution is -2.34. The summed E-state index contributed by atoms with van der Waals surface area (Å²) in [6, 6.07) is 20.1. The van der Waals surface area contributed by atoms with Gasteiger partial charge in [0.15, 0.2) is 12.4 Å². The van der Waals surface area contributed by atoms with Gasteiger partial charge in [-0.2, -0.15) is 0 Å². The van der Waals surface area contributed by atoms with Crippen molar-refractivity contribution in [3.05, 3.63) is 90.5 Å². The minimum absolute atomic E-state index is 0.273. The first-order valence-corrected chi connectivity index (χ1v) is 11.3. The minimum atomic E-state index is -0.562. The molecule has 1 aliphatic heterocycles. The second kappa shape index (κ2) is 12.0. The van der Waals surface area contributed by atoms with Crippen LogP contribution in [0.15, 0.2) is 79.4 Å². The Hall–Kier alpha value is -2.62. The van der Waals surface area contributed by atoms with E-state index in [1.165, 1.54) is 0 Å². The zero-order chi connectivity index (χ0) is 22.9. The van der Waals surface area contributed by atoms with E-state index in [-0.39, 0.29) is 18.3 Å². The first-order valence-electron chi connectivity index (χ1n) is 10.9. The van der Waals surface area contributed by atoms with Crippen LogP contribution in [0.1, 0.15) is 17.5 Å². The third-order valence-electron chi connectivity index (χ3n) is 5.39. The molecule has 0 saturated carbocycles. The van der Waals surface area contributed by atoms with Crippen molar-refractivity contribution in [3.8, 4) is 0 Å². The number of thiocarbonyl (C=S) groups is 1. The summed E-state index contributed by atoms with van der Waals surface area (Å²) in [5.74, 6) is 0. The Kier molecular flexibility index (Phi) is 8.57. The quantitative estimate of drug-likeness (QED) is 0.417. The Labute approximate surface area is 199 Å². The summed E-state index contributed by atoms with van der Waals surface area (Å²) in [7, 11) is 1.59. The van der Waals surface area contributed by atoms with Crippen LogP contribution in [-0.4, -0.2) is 53.0 Å². The van der Waals surface area contributed by atoms with Crippen LogP contribution in [0.3, 0.4) is 0 Å². The van der Waals surface area contributed by atoms with E-state index in [0.29, 0.717) is 31.4 Å². The Morgan fingerprint density at radius 1 is 1.09 bits per heavy atom. The first kappa shape index (κ1) is 23.5. The van der Waals surface area contributed by atoms with Crippen molar-refractivity contribution in [2.75, 3.05) is 13.7 Å². The van der Waals surface area contributed by atoms with Gasteiger partial charge in [0.05, 0.1) is 25.9 Å². The van der Waals surface area contributed by atoms with Gasteiger partial charge in [-0.25, -0.2) is 4.98 Å². The first-order chi connectivity index (χ1) is 16.2. The maximum absolute atomic E-state index is 6.26. The third kappa shape index (κ3) is 6.69. The predicted octanol–water partition coefficient (Wildman–Crippen LogP) is 3.96. The van der Waals surface area contributed by atoms with Gasteiger partial charge in [-0.15, -0.1) is 0 Å². The van der Waals surface area contributed by atoms with Gasteiger partial charge in [-0.3, -0.25) is 4.57 Å². The molecule has 4 rings (SSSR count). The average Bonchev–Trinajstić information content (AvgIpc) is 3.53. The number of methoxy groups -OCH3 is 1. The lowest BCUT2D eigenvalue weighted by atomic mass is 10.1. The molecule has 2 aromatic carbocycles. The molecule has 0 unspecified atom stereocenters. The van der Waals surface area contributed by atoms with Gasteiger partial charge in [-0.05, 0) is 23.3 Å². The zero-order valence-electron chi connectivity index (χ0n) is 18.5. The van der Waals surface area contributed by atoms with Crippen LogP contribution in [0, 0.1) is 0 Å². The Morgan fingerprint density at radius 2 is 1.79 bits per heavy atom. The van der Waals surface area contributed by atoms with Gasteiger partial charge < -0.3 is 23.7 Å². The van der Waals surface area contributed by atoms with Crippen molar-refractivity contribution < 1.29 is 23.7 Å². The van der Waals surface area contributed by atoms with Gasteiger partial charge in [0, 0.05) is 25.9 Å². The molecule has 7 nitrogen and oxygen atoms in total. The molecule has 33 heavy (non-hydrogen) atoms. The number of benzene rings is 2. The van der Waals surface area contributed by atoms with Crippen molar-refractivity contribution in [1.29, 1.82) is 0 Å². The second-order valence-electron chi connectivity index (χ2n) is 7.74. The summed E-state index contributed by atoms with van der Waals surface area (Å²) in [5, 5.41) is 0.297. The molecule has 0 bridgehead atoms. The highest BCUT2D eigenvalue weighted by molar-refractivity contribution is 7.80. The summed E-state index contributed by atoms with van der Waals surface area (Å²) < 4.78 is 31.6. The van der Waals surface area contributed by atoms with E-state index >= 15 is 0 Å². The summed E-state index contributed by atoms with van der Waals surface area (Å²) in [5.41, 5.74) is 2.19. The Bertz CT molecular complexity index is 971. The lowest BCUT2D eigenvalue weighted by molar-refractivity contribution is -0.176. The molecule has 0 radical (unpaired) electrons. The van der Waals surface area contributed by atoms with Crippen molar-refractivity contribution in [2.24, 2.45) is 0 Å². The van der Waals surface area contributed by atoms with E-state index < -0.39 is 6.29 Å². The van der Waals surface area contributed by atoms with E-state index in [2.05, 4.69) is 4.98 Å². The van der Waals surface area contributed by atoms with Crippen LogP contribution in [0.5, 0.6) is 0 Å². The maximum atomic E-state index is 6.26. The van der Waals surface area contributed by atoms with E-state index in [1.54, 1.807) is 30.4 Å². The number of imidazole rings is 1. The largest absolute Gasteiger partial charge is 0.462 e. The van der Waals surface area contributed by atoms with Crippen LogP contribution in [0.2, 0.25) is 0 Å². The number of ether oxygens (including phenoxy) is 5. The fourth-order valence-corrected chi connectivity index (χ4v) is 3.90. The summed E-state index contributed by atoms with van der Waals surface area (Å²) in [6.07, 6.45) is 4.03. The number of hydrogen-bond acceptors (Lipinski definition) is 7. The molecule has 1 aromatic heterocycles.